The number of hydrogen-bond donors (Lipinski definition) is 4. The fourth-order valence-electron chi connectivity index (χ4n) is 2.14. The third-order valence-electron chi connectivity index (χ3n) is 3.27. The molecular formula is C18H15ClN4O2. The monoisotopic (exact) mass is 354 g/mol. The quantitative estimate of drug-likeness (QED) is 0.505. The summed E-state index contributed by atoms with van der Waals surface area (Å²) in [5.41, 5.74) is 1.83. The summed E-state index contributed by atoms with van der Waals surface area (Å²) in [6, 6.07) is 16.4. The number of carbonyl (C=O) groups is 1. The second-order valence-electron chi connectivity index (χ2n) is 5.16. The van der Waals surface area contributed by atoms with Gasteiger partial charge in [0.15, 0.2) is 5.82 Å². The molecule has 0 saturated heterocycles. The molecule has 1 aromatic heterocycles. The van der Waals surface area contributed by atoms with Gasteiger partial charge in [0.2, 0.25) is 0 Å². The third kappa shape index (κ3) is 4.62. The Morgan fingerprint density at radius 1 is 0.960 bits per heavy atom. The number of amides is 2. The second kappa shape index (κ2) is 7.55. The number of benzene rings is 2. The van der Waals surface area contributed by atoms with Gasteiger partial charge in [-0.3, -0.25) is 0 Å². The highest BCUT2D eigenvalue weighted by atomic mass is 35.5. The number of aromatic nitrogens is 1. The lowest BCUT2D eigenvalue weighted by Gasteiger charge is -2.13. The standard InChI is InChI=1S/C18H15ClN4O2/c19-12-3-1-4-14(11-12)22-18(25)23-16-5-2-10-20-17(16)21-13-6-8-15(24)9-7-13/h1-11,24H,(H,20,21)(H2,22,23,25). The van der Waals surface area contributed by atoms with E-state index < -0.39 is 6.03 Å². The summed E-state index contributed by atoms with van der Waals surface area (Å²) in [6.07, 6.45) is 1.61. The van der Waals surface area contributed by atoms with Gasteiger partial charge in [0.1, 0.15) is 5.75 Å². The fourth-order valence-corrected chi connectivity index (χ4v) is 2.33. The van der Waals surface area contributed by atoms with Crippen molar-refractivity contribution in [1.29, 1.82) is 0 Å². The van der Waals surface area contributed by atoms with Crippen LogP contribution in [-0.2, 0) is 0 Å². The summed E-state index contributed by atoms with van der Waals surface area (Å²) in [5.74, 6) is 0.653. The van der Waals surface area contributed by atoms with Gasteiger partial charge in [-0.25, -0.2) is 9.78 Å². The van der Waals surface area contributed by atoms with E-state index in [0.29, 0.717) is 22.2 Å². The molecule has 0 aliphatic heterocycles. The molecule has 0 aliphatic rings. The Hall–Kier alpha value is -3.25. The van der Waals surface area contributed by atoms with E-state index in [0.717, 1.165) is 5.69 Å². The largest absolute Gasteiger partial charge is 0.508 e. The van der Waals surface area contributed by atoms with Gasteiger partial charge >= 0.3 is 6.03 Å². The van der Waals surface area contributed by atoms with Crippen LogP contribution in [0.2, 0.25) is 5.02 Å². The molecule has 0 radical (unpaired) electrons. The van der Waals surface area contributed by atoms with Crippen molar-refractivity contribution in [2.24, 2.45) is 0 Å². The van der Waals surface area contributed by atoms with Crippen molar-refractivity contribution in [1.82, 2.24) is 4.98 Å². The average Bonchev–Trinajstić information content (AvgIpc) is 2.58. The van der Waals surface area contributed by atoms with E-state index in [1.54, 1.807) is 66.9 Å². The SMILES string of the molecule is O=C(Nc1cccc(Cl)c1)Nc1cccnc1Nc1ccc(O)cc1. The Kier molecular flexibility index (Phi) is 5.01. The van der Waals surface area contributed by atoms with Crippen LogP contribution in [0.5, 0.6) is 5.75 Å². The maximum atomic E-state index is 12.2. The van der Waals surface area contributed by atoms with Crippen molar-refractivity contribution in [2.45, 2.75) is 0 Å². The van der Waals surface area contributed by atoms with Crippen molar-refractivity contribution in [3.63, 3.8) is 0 Å². The number of urea groups is 1. The lowest BCUT2D eigenvalue weighted by atomic mass is 10.3. The van der Waals surface area contributed by atoms with Crippen LogP contribution in [0.1, 0.15) is 0 Å². The number of nitrogens with zero attached hydrogens (tertiary/aromatic N) is 1. The molecule has 25 heavy (non-hydrogen) atoms. The van der Waals surface area contributed by atoms with Gasteiger partial charge in [0, 0.05) is 22.6 Å². The van der Waals surface area contributed by atoms with E-state index in [-0.39, 0.29) is 5.75 Å². The minimum absolute atomic E-state index is 0.172. The maximum Gasteiger partial charge on any atom is 0.323 e. The predicted octanol–water partition coefficient (Wildman–Crippen LogP) is 4.83. The molecule has 3 aromatic rings. The minimum atomic E-state index is -0.413. The Bertz CT molecular complexity index is 884. The lowest BCUT2D eigenvalue weighted by molar-refractivity contribution is 0.262. The summed E-state index contributed by atoms with van der Waals surface area (Å²) >= 11 is 5.91. The van der Waals surface area contributed by atoms with Crippen LogP contribution in [0, 0.1) is 0 Å². The molecule has 126 valence electrons. The van der Waals surface area contributed by atoms with Crippen LogP contribution >= 0.6 is 11.6 Å². The van der Waals surface area contributed by atoms with Crippen LogP contribution in [0.25, 0.3) is 0 Å². The Balaban J connectivity index is 1.72. The molecule has 6 nitrogen and oxygen atoms in total. The van der Waals surface area contributed by atoms with Crippen molar-refractivity contribution < 1.29 is 9.90 Å². The van der Waals surface area contributed by atoms with Gasteiger partial charge in [-0.1, -0.05) is 17.7 Å². The van der Waals surface area contributed by atoms with Crippen LogP contribution in [0.4, 0.5) is 27.7 Å². The summed E-state index contributed by atoms with van der Waals surface area (Å²) in [5, 5.41) is 18.4. The van der Waals surface area contributed by atoms with E-state index in [9.17, 15) is 9.90 Å². The topological polar surface area (TPSA) is 86.3 Å². The highest BCUT2D eigenvalue weighted by Gasteiger charge is 2.08. The zero-order valence-corrected chi connectivity index (χ0v) is 13.8. The highest BCUT2D eigenvalue weighted by Crippen LogP contribution is 2.24. The normalized spacial score (nSPS) is 10.1. The first kappa shape index (κ1) is 16.6. The number of phenolic OH excluding ortho intramolecular Hbond substituents is 1. The van der Waals surface area contributed by atoms with Crippen molar-refractivity contribution in [3.8, 4) is 5.75 Å². The zero-order chi connectivity index (χ0) is 17.6. The van der Waals surface area contributed by atoms with Gasteiger partial charge in [0.25, 0.3) is 0 Å². The van der Waals surface area contributed by atoms with Crippen LogP contribution in [0.15, 0.2) is 66.9 Å². The molecule has 0 saturated carbocycles. The molecule has 7 heteroatoms. The molecule has 0 aliphatic carbocycles. The summed E-state index contributed by atoms with van der Waals surface area (Å²) in [4.78, 5) is 16.4. The number of carbonyl (C=O) groups excluding carboxylic acids is 1. The highest BCUT2D eigenvalue weighted by molar-refractivity contribution is 6.30. The van der Waals surface area contributed by atoms with Gasteiger partial charge in [-0.2, -0.15) is 0 Å². The Morgan fingerprint density at radius 3 is 2.52 bits per heavy atom. The number of nitrogens with one attached hydrogen (secondary N) is 3. The lowest BCUT2D eigenvalue weighted by Crippen LogP contribution is -2.20. The summed E-state index contributed by atoms with van der Waals surface area (Å²) in [6.45, 7) is 0. The van der Waals surface area contributed by atoms with Gasteiger partial charge in [-0.05, 0) is 54.6 Å². The molecule has 4 N–H and O–H groups in total. The maximum absolute atomic E-state index is 12.2. The number of rotatable bonds is 4. The summed E-state index contributed by atoms with van der Waals surface area (Å²) in [7, 11) is 0. The third-order valence-corrected chi connectivity index (χ3v) is 3.50. The van der Waals surface area contributed by atoms with Crippen LogP contribution in [0.3, 0.4) is 0 Å². The van der Waals surface area contributed by atoms with E-state index in [2.05, 4.69) is 20.9 Å². The molecule has 0 unspecified atom stereocenters. The molecule has 0 bridgehead atoms. The van der Waals surface area contributed by atoms with Crippen LogP contribution in [-0.4, -0.2) is 16.1 Å². The molecule has 3 rings (SSSR count). The van der Waals surface area contributed by atoms with Crippen molar-refractivity contribution >= 4 is 40.5 Å². The van der Waals surface area contributed by atoms with Crippen molar-refractivity contribution in [3.05, 3.63) is 71.9 Å². The minimum Gasteiger partial charge on any atom is -0.508 e. The molecule has 2 aromatic carbocycles. The van der Waals surface area contributed by atoms with Gasteiger partial charge in [-0.15, -0.1) is 0 Å². The molecule has 2 amide bonds. The molecular weight excluding hydrogens is 340 g/mol. The van der Waals surface area contributed by atoms with Crippen molar-refractivity contribution in [2.75, 3.05) is 16.0 Å². The summed E-state index contributed by atoms with van der Waals surface area (Å²) < 4.78 is 0. The first-order chi connectivity index (χ1) is 12.1. The average molecular weight is 355 g/mol. The molecule has 0 spiro atoms. The first-order valence-electron chi connectivity index (χ1n) is 7.45. The first-order valence-corrected chi connectivity index (χ1v) is 7.82. The Morgan fingerprint density at radius 2 is 1.76 bits per heavy atom. The number of phenols is 1. The second-order valence-corrected chi connectivity index (χ2v) is 5.60. The predicted molar refractivity (Wildman–Crippen MR) is 99.7 cm³/mol. The van der Waals surface area contributed by atoms with E-state index in [1.807, 2.05) is 0 Å². The number of halogens is 1. The Labute approximate surface area is 149 Å². The fraction of sp³-hybridized carbons (Fsp3) is 0. The van der Waals surface area contributed by atoms with E-state index >= 15 is 0 Å². The molecule has 1 heterocycles. The van der Waals surface area contributed by atoms with Gasteiger partial charge < -0.3 is 21.1 Å². The number of pyridine rings is 1. The number of anilines is 4. The number of hydrogen-bond acceptors (Lipinski definition) is 4. The zero-order valence-electron chi connectivity index (χ0n) is 13.0. The van der Waals surface area contributed by atoms with E-state index in [1.165, 1.54) is 0 Å². The molecule has 0 atom stereocenters. The number of aromatic hydroxyl groups is 1. The van der Waals surface area contributed by atoms with Crippen LogP contribution < -0.4 is 16.0 Å². The van der Waals surface area contributed by atoms with Gasteiger partial charge in [0.05, 0.1) is 5.69 Å². The van der Waals surface area contributed by atoms with E-state index in [4.69, 9.17) is 11.6 Å². The smallest absolute Gasteiger partial charge is 0.323 e. The molecule has 0 fully saturated rings.